The van der Waals surface area contributed by atoms with Crippen LogP contribution in [0.25, 0.3) is 0 Å². The maximum Gasteiger partial charge on any atom is 0.416 e. The topological polar surface area (TPSA) is 49.0 Å². The molecule has 3 heterocycles. The third kappa shape index (κ3) is 3.27. The molecule has 0 spiro atoms. The van der Waals surface area contributed by atoms with E-state index in [2.05, 4.69) is 21.2 Å². The van der Waals surface area contributed by atoms with Gasteiger partial charge in [0.05, 0.1) is 11.6 Å². The van der Waals surface area contributed by atoms with Crippen LogP contribution in [0.1, 0.15) is 35.2 Å². The smallest absolute Gasteiger partial charge is 0.308 e. The van der Waals surface area contributed by atoms with Gasteiger partial charge in [-0.2, -0.15) is 13.2 Å². The monoisotopic (exact) mass is 348 g/mol. The predicted molar refractivity (Wildman–Crippen MR) is 87.3 cm³/mol. The van der Waals surface area contributed by atoms with Gasteiger partial charge in [-0.3, -0.25) is 10.4 Å². The number of hydrogen-bond donors (Lipinski definition) is 3. The molecule has 0 amide bonds. The predicted octanol–water partition coefficient (Wildman–Crippen LogP) is 2.97. The molecular weight excluding hydrogens is 329 g/mol. The average molecular weight is 348 g/mol. The van der Waals surface area contributed by atoms with Crippen LogP contribution in [0.5, 0.6) is 0 Å². The maximum absolute atomic E-state index is 13.0. The summed E-state index contributed by atoms with van der Waals surface area (Å²) >= 11 is 0. The van der Waals surface area contributed by atoms with Crippen LogP contribution in [0.15, 0.2) is 48.8 Å². The molecule has 4 unspecified atom stereocenters. The van der Waals surface area contributed by atoms with Crippen molar-refractivity contribution in [3.05, 3.63) is 65.5 Å². The minimum absolute atomic E-state index is 0.145. The number of benzene rings is 1. The zero-order valence-electron chi connectivity index (χ0n) is 13.4. The Bertz CT molecular complexity index is 735. The van der Waals surface area contributed by atoms with Gasteiger partial charge < -0.3 is 5.32 Å². The highest BCUT2D eigenvalue weighted by Gasteiger charge is 2.42. The number of fused-ring (bicyclic) bond motifs is 1. The number of nitrogens with zero attached hydrogens (tertiary/aromatic N) is 1. The molecule has 2 saturated heterocycles. The zero-order chi connectivity index (χ0) is 17.4. The lowest BCUT2D eigenvalue weighted by molar-refractivity contribution is -0.137. The lowest BCUT2D eigenvalue weighted by atomic mass is 9.80. The number of piperidine rings is 1. The first kappa shape index (κ1) is 16.5. The highest BCUT2D eigenvalue weighted by molar-refractivity contribution is 5.30. The van der Waals surface area contributed by atoms with E-state index in [9.17, 15) is 13.2 Å². The van der Waals surface area contributed by atoms with Crippen molar-refractivity contribution < 1.29 is 13.2 Å². The molecule has 25 heavy (non-hydrogen) atoms. The summed E-state index contributed by atoms with van der Waals surface area (Å²) in [5.41, 5.74) is 7.59. The Morgan fingerprint density at radius 1 is 1.04 bits per heavy atom. The van der Waals surface area contributed by atoms with Crippen LogP contribution in [0.4, 0.5) is 13.2 Å². The summed E-state index contributed by atoms with van der Waals surface area (Å²) in [5.74, 6) is 0.204. The van der Waals surface area contributed by atoms with Gasteiger partial charge in [-0.05, 0) is 41.7 Å². The highest BCUT2D eigenvalue weighted by Crippen LogP contribution is 2.39. The molecule has 4 atom stereocenters. The van der Waals surface area contributed by atoms with E-state index >= 15 is 0 Å². The van der Waals surface area contributed by atoms with Gasteiger partial charge >= 0.3 is 6.18 Å². The first-order chi connectivity index (χ1) is 12.0. The summed E-state index contributed by atoms with van der Waals surface area (Å²) < 4.78 is 39.1. The van der Waals surface area contributed by atoms with Gasteiger partial charge in [0.25, 0.3) is 0 Å². The highest BCUT2D eigenvalue weighted by atomic mass is 19.4. The Kier molecular flexibility index (Phi) is 4.23. The fraction of sp³-hybridized carbons (Fsp3) is 0.389. The molecule has 132 valence electrons. The maximum atomic E-state index is 13.0. The Morgan fingerprint density at radius 2 is 1.88 bits per heavy atom. The van der Waals surface area contributed by atoms with E-state index in [1.165, 1.54) is 12.1 Å². The van der Waals surface area contributed by atoms with E-state index in [0.717, 1.165) is 24.6 Å². The van der Waals surface area contributed by atoms with Gasteiger partial charge in [0.1, 0.15) is 0 Å². The molecule has 1 aromatic carbocycles. The van der Waals surface area contributed by atoms with Crippen molar-refractivity contribution >= 4 is 0 Å². The molecule has 2 aromatic rings. The largest absolute Gasteiger partial charge is 0.416 e. The fourth-order valence-electron chi connectivity index (χ4n) is 3.85. The average Bonchev–Trinajstić information content (AvgIpc) is 3.05. The number of alkyl halides is 3. The van der Waals surface area contributed by atoms with E-state index in [0.29, 0.717) is 5.56 Å². The number of pyridine rings is 1. The lowest BCUT2D eigenvalue weighted by Crippen LogP contribution is -2.46. The van der Waals surface area contributed by atoms with Gasteiger partial charge in [-0.15, -0.1) is 0 Å². The minimum atomic E-state index is -4.33. The third-order valence-corrected chi connectivity index (χ3v) is 5.12. The van der Waals surface area contributed by atoms with Gasteiger partial charge in [0.2, 0.25) is 0 Å². The summed E-state index contributed by atoms with van der Waals surface area (Å²) in [7, 11) is 0. The normalized spacial score (nSPS) is 29.4. The van der Waals surface area contributed by atoms with Crippen molar-refractivity contribution in [3.63, 3.8) is 0 Å². The molecule has 0 radical (unpaired) electrons. The zero-order valence-corrected chi connectivity index (χ0v) is 13.4. The second kappa shape index (κ2) is 6.40. The van der Waals surface area contributed by atoms with Crippen molar-refractivity contribution in [3.8, 4) is 0 Å². The fourth-order valence-corrected chi connectivity index (χ4v) is 3.85. The van der Waals surface area contributed by atoms with Crippen molar-refractivity contribution in [1.29, 1.82) is 0 Å². The molecule has 0 aliphatic carbocycles. The van der Waals surface area contributed by atoms with E-state index in [1.54, 1.807) is 12.3 Å². The molecule has 3 N–H and O–H groups in total. The van der Waals surface area contributed by atoms with Gasteiger partial charge in [0, 0.05) is 31.0 Å². The molecule has 0 saturated carbocycles. The summed E-state index contributed by atoms with van der Waals surface area (Å²) in [6, 6.07) is 9.74. The summed E-state index contributed by atoms with van der Waals surface area (Å²) in [4.78, 5) is 4.16. The van der Waals surface area contributed by atoms with Crippen molar-refractivity contribution in [1.82, 2.24) is 21.2 Å². The van der Waals surface area contributed by atoms with Crippen LogP contribution < -0.4 is 16.2 Å². The van der Waals surface area contributed by atoms with E-state index in [-0.39, 0.29) is 24.0 Å². The second-order valence-electron chi connectivity index (χ2n) is 6.64. The number of nitrogens with one attached hydrogen (secondary N) is 3. The SMILES string of the molecule is FC(F)(F)c1cccc(C2NNC3CNC(c4cccnc4)CC32)c1. The minimum Gasteiger partial charge on any atom is -0.308 e. The van der Waals surface area contributed by atoms with Crippen LogP contribution in [0.3, 0.4) is 0 Å². The van der Waals surface area contributed by atoms with Crippen LogP contribution in [-0.2, 0) is 6.18 Å². The van der Waals surface area contributed by atoms with Crippen LogP contribution in [-0.4, -0.2) is 17.6 Å². The molecular formula is C18H19F3N4. The van der Waals surface area contributed by atoms with E-state index in [1.807, 2.05) is 18.3 Å². The van der Waals surface area contributed by atoms with Gasteiger partial charge in [0.15, 0.2) is 0 Å². The summed E-state index contributed by atoms with van der Waals surface area (Å²) in [5, 5.41) is 3.49. The Hall–Kier alpha value is -1.96. The molecule has 4 nitrogen and oxygen atoms in total. The number of rotatable bonds is 2. The third-order valence-electron chi connectivity index (χ3n) is 5.12. The standard InChI is InChI=1S/C18H19F3N4/c19-18(20,21)13-5-1-3-11(7-13)17-14-8-15(12-4-2-6-22-9-12)23-10-16(14)24-25-17/h1-7,9,14-17,23-25H,8,10H2. The van der Waals surface area contributed by atoms with Crippen molar-refractivity contribution in [2.45, 2.75) is 30.7 Å². The quantitative estimate of drug-likeness (QED) is 0.781. The first-order valence-electron chi connectivity index (χ1n) is 8.34. The molecule has 2 aliphatic heterocycles. The van der Waals surface area contributed by atoms with Crippen molar-refractivity contribution in [2.75, 3.05) is 6.54 Å². The van der Waals surface area contributed by atoms with Crippen LogP contribution >= 0.6 is 0 Å². The number of halogens is 3. The molecule has 7 heteroatoms. The molecule has 4 rings (SSSR count). The number of hydrogen-bond acceptors (Lipinski definition) is 4. The Morgan fingerprint density at radius 3 is 2.64 bits per heavy atom. The van der Waals surface area contributed by atoms with Crippen LogP contribution in [0, 0.1) is 5.92 Å². The number of aromatic nitrogens is 1. The summed E-state index contributed by atoms with van der Waals surface area (Å²) in [6.07, 6.45) is 0.0808. The molecule has 0 bridgehead atoms. The Labute approximate surface area is 143 Å². The summed E-state index contributed by atoms with van der Waals surface area (Å²) in [6.45, 7) is 0.757. The lowest BCUT2D eigenvalue weighted by Gasteiger charge is -2.34. The number of hydrazine groups is 1. The second-order valence-corrected chi connectivity index (χ2v) is 6.64. The Balaban J connectivity index is 1.58. The molecule has 2 aliphatic rings. The van der Waals surface area contributed by atoms with Crippen LogP contribution in [0.2, 0.25) is 0 Å². The van der Waals surface area contributed by atoms with Gasteiger partial charge in [-0.25, -0.2) is 5.43 Å². The molecule has 2 fully saturated rings. The van der Waals surface area contributed by atoms with Gasteiger partial charge in [-0.1, -0.05) is 18.2 Å². The molecule has 1 aromatic heterocycles. The van der Waals surface area contributed by atoms with E-state index < -0.39 is 11.7 Å². The first-order valence-corrected chi connectivity index (χ1v) is 8.34. The van der Waals surface area contributed by atoms with E-state index in [4.69, 9.17) is 0 Å². The van der Waals surface area contributed by atoms with Crippen molar-refractivity contribution in [2.24, 2.45) is 5.92 Å².